The molecule has 0 aliphatic rings. The Labute approximate surface area is 131 Å². The van der Waals surface area contributed by atoms with Gasteiger partial charge in [-0.25, -0.2) is 4.68 Å². The molecule has 6 nitrogen and oxygen atoms in total. The normalized spacial score (nSPS) is 10.7. The Bertz CT molecular complexity index is 566. The van der Waals surface area contributed by atoms with E-state index >= 15 is 0 Å². The van der Waals surface area contributed by atoms with Gasteiger partial charge in [0.15, 0.2) is 0 Å². The summed E-state index contributed by atoms with van der Waals surface area (Å²) in [5, 5.41) is 8.29. The molecule has 1 aromatic heterocycles. The number of aromatic nitrogens is 3. The van der Waals surface area contributed by atoms with E-state index in [2.05, 4.69) is 17.2 Å². The van der Waals surface area contributed by atoms with Crippen LogP contribution >= 0.6 is 0 Å². The van der Waals surface area contributed by atoms with Gasteiger partial charge in [-0.1, -0.05) is 18.6 Å². The van der Waals surface area contributed by atoms with Crippen molar-refractivity contribution in [3.63, 3.8) is 0 Å². The molecule has 0 bridgehead atoms. The molecule has 0 aliphatic carbocycles. The lowest BCUT2D eigenvalue weighted by Crippen LogP contribution is -2.11. The van der Waals surface area contributed by atoms with Crippen LogP contribution in [0.5, 0.6) is 11.5 Å². The molecule has 0 saturated carbocycles. The lowest BCUT2D eigenvalue weighted by atomic mass is 10.3. The minimum Gasteiger partial charge on any atom is -0.494 e. The Morgan fingerprint density at radius 2 is 1.77 bits per heavy atom. The van der Waals surface area contributed by atoms with Crippen LogP contribution in [0.25, 0.3) is 0 Å². The molecule has 2 aromatic rings. The van der Waals surface area contributed by atoms with Crippen LogP contribution in [0.4, 0.5) is 0 Å². The van der Waals surface area contributed by atoms with E-state index in [1.165, 1.54) is 0 Å². The first kappa shape index (κ1) is 16.3. The molecular weight excluding hydrogens is 280 g/mol. The van der Waals surface area contributed by atoms with E-state index in [0.29, 0.717) is 19.8 Å². The van der Waals surface area contributed by atoms with Crippen LogP contribution < -0.4 is 15.2 Å². The van der Waals surface area contributed by atoms with Crippen molar-refractivity contribution < 1.29 is 9.47 Å². The summed E-state index contributed by atoms with van der Waals surface area (Å²) in [6.45, 7) is 6.39. The average Bonchev–Trinajstić information content (AvgIpc) is 2.94. The summed E-state index contributed by atoms with van der Waals surface area (Å²) in [5.41, 5.74) is 7.47. The quantitative estimate of drug-likeness (QED) is 0.770. The zero-order valence-electron chi connectivity index (χ0n) is 13.3. The van der Waals surface area contributed by atoms with Crippen LogP contribution in [0.3, 0.4) is 0 Å². The van der Waals surface area contributed by atoms with Crippen LogP contribution in [0.15, 0.2) is 24.3 Å². The number of ether oxygens (including phenoxy) is 2. The van der Waals surface area contributed by atoms with Gasteiger partial charge >= 0.3 is 0 Å². The number of hydrogen-bond donors (Lipinski definition) is 1. The topological polar surface area (TPSA) is 75.2 Å². The van der Waals surface area contributed by atoms with Crippen molar-refractivity contribution >= 4 is 0 Å². The molecule has 0 radical (unpaired) electrons. The first-order chi connectivity index (χ1) is 10.8. The van der Waals surface area contributed by atoms with E-state index in [0.717, 1.165) is 42.3 Å². The monoisotopic (exact) mass is 304 g/mol. The molecule has 120 valence electrons. The number of aryl methyl sites for hydroxylation is 1. The fourth-order valence-electron chi connectivity index (χ4n) is 2.12. The molecule has 6 heteroatoms. The van der Waals surface area contributed by atoms with Crippen LogP contribution in [-0.4, -0.2) is 21.6 Å². The Morgan fingerprint density at radius 1 is 1.09 bits per heavy atom. The third-order valence-corrected chi connectivity index (χ3v) is 3.35. The second-order valence-corrected chi connectivity index (χ2v) is 4.96. The Kier molecular flexibility index (Phi) is 6.21. The molecule has 0 amide bonds. The fraction of sp³-hybridized carbons (Fsp3) is 0.500. The number of rotatable bonds is 9. The predicted molar refractivity (Wildman–Crippen MR) is 84.8 cm³/mol. The molecule has 0 fully saturated rings. The molecule has 0 unspecified atom stereocenters. The molecule has 2 rings (SSSR count). The van der Waals surface area contributed by atoms with Gasteiger partial charge in [-0.05, 0) is 37.6 Å². The minimum absolute atomic E-state index is 0.369. The summed E-state index contributed by atoms with van der Waals surface area (Å²) in [7, 11) is 0. The van der Waals surface area contributed by atoms with Crippen molar-refractivity contribution in [3.8, 4) is 11.5 Å². The second-order valence-electron chi connectivity index (χ2n) is 4.96. The number of benzene rings is 1. The van der Waals surface area contributed by atoms with Gasteiger partial charge < -0.3 is 15.2 Å². The molecular formula is C16H24N4O2. The zero-order chi connectivity index (χ0) is 15.8. The van der Waals surface area contributed by atoms with E-state index in [1.807, 2.05) is 35.9 Å². The SMILES string of the molecule is CCCCn1nnc(CN)c1COc1ccc(OCC)cc1. The fourth-order valence-corrected chi connectivity index (χ4v) is 2.12. The third kappa shape index (κ3) is 4.21. The van der Waals surface area contributed by atoms with Crippen LogP contribution in [0.2, 0.25) is 0 Å². The van der Waals surface area contributed by atoms with E-state index in [-0.39, 0.29) is 0 Å². The summed E-state index contributed by atoms with van der Waals surface area (Å²) in [4.78, 5) is 0. The summed E-state index contributed by atoms with van der Waals surface area (Å²) >= 11 is 0. The van der Waals surface area contributed by atoms with E-state index in [4.69, 9.17) is 15.2 Å². The van der Waals surface area contributed by atoms with Crippen LogP contribution in [-0.2, 0) is 19.7 Å². The van der Waals surface area contributed by atoms with Gasteiger partial charge in [-0.3, -0.25) is 0 Å². The summed E-state index contributed by atoms with van der Waals surface area (Å²) < 4.78 is 13.1. The molecule has 0 spiro atoms. The van der Waals surface area contributed by atoms with Gasteiger partial charge in [0.05, 0.1) is 6.61 Å². The molecule has 1 aromatic carbocycles. The largest absolute Gasteiger partial charge is 0.494 e. The van der Waals surface area contributed by atoms with Gasteiger partial charge in [0.2, 0.25) is 0 Å². The molecule has 0 aliphatic heterocycles. The Hall–Kier alpha value is -2.08. The molecule has 1 heterocycles. The second kappa shape index (κ2) is 8.38. The van der Waals surface area contributed by atoms with E-state index < -0.39 is 0 Å². The lowest BCUT2D eigenvalue weighted by molar-refractivity contribution is 0.288. The number of nitrogens with two attached hydrogens (primary N) is 1. The van der Waals surface area contributed by atoms with E-state index in [9.17, 15) is 0 Å². The van der Waals surface area contributed by atoms with Gasteiger partial charge in [0.1, 0.15) is 29.5 Å². The Morgan fingerprint density at radius 3 is 2.36 bits per heavy atom. The predicted octanol–water partition coefficient (Wildman–Crippen LogP) is 2.51. The average molecular weight is 304 g/mol. The standard InChI is InChI=1S/C16H24N4O2/c1-3-5-10-20-16(15(11-17)18-19-20)12-22-14-8-6-13(7-9-14)21-4-2/h6-9H,3-5,10-12,17H2,1-2H3. The van der Waals surface area contributed by atoms with Crippen molar-refractivity contribution in [3.05, 3.63) is 35.7 Å². The maximum atomic E-state index is 5.83. The molecule has 22 heavy (non-hydrogen) atoms. The Balaban J connectivity index is 2.01. The highest BCUT2D eigenvalue weighted by atomic mass is 16.5. The third-order valence-electron chi connectivity index (χ3n) is 3.35. The van der Waals surface area contributed by atoms with Gasteiger partial charge in [0, 0.05) is 13.1 Å². The van der Waals surface area contributed by atoms with Gasteiger partial charge in [-0.2, -0.15) is 0 Å². The highest BCUT2D eigenvalue weighted by molar-refractivity contribution is 5.31. The minimum atomic E-state index is 0.369. The smallest absolute Gasteiger partial charge is 0.132 e. The number of hydrogen-bond acceptors (Lipinski definition) is 5. The highest BCUT2D eigenvalue weighted by Gasteiger charge is 2.12. The molecule has 0 saturated heterocycles. The zero-order valence-corrected chi connectivity index (χ0v) is 13.3. The van der Waals surface area contributed by atoms with Crippen molar-refractivity contribution in [1.29, 1.82) is 0 Å². The number of nitrogens with zero attached hydrogens (tertiary/aromatic N) is 3. The first-order valence-corrected chi connectivity index (χ1v) is 7.75. The summed E-state index contributed by atoms with van der Waals surface area (Å²) in [6, 6.07) is 7.59. The van der Waals surface area contributed by atoms with Gasteiger partial charge in [-0.15, -0.1) is 5.10 Å². The number of unbranched alkanes of at least 4 members (excludes halogenated alkanes) is 1. The van der Waals surface area contributed by atoms with Crippen molar-refractivity contribution in [2.75, 3.05) is 6.61 Å². The van der Waals surface area contributed by atoms with Crippen molar-refractivity contribution in [2.24, 2.45) is 5.73 Å². The lowest BCUT2D eigenvalue weighted by Gasteiger charge is -2.10. The molecule has 0 atom stereocenters. The maximum Gasteiger partial charge on any atom is 0.132 e. The van der Waals surface area contributed by atoms with Crippen LogP contribution in [0, 0.1) is 0 Å². The van der Waals surface area contributed by atoms with Crippen molar-refractivity contribution in [2.45, 2.75) is 46.4 Å². The van der Waals surface area contributed by atoms with E-state index in [1.54, 1.807) is 0 Å². The maximum absolute atomic E-state index is 5.83. The summed E-state index contributed by atoms with van der Waals surface area (Å²) in [6.07, 6.45) is 2.17. The van der Waals surface area contributed by atoms with Gasteiger partial charge in [0.25, 0.3) is 0 Å². The van der Waals surface area contributed by atoms with Crippen molar-refractivity contribution in [1.82, 2.24) is 15.0 Å². The van der Waals surface area contributed by atoms with Crippen LogP contribution in [0.1, 0.15) is 38.1 Å². The molecule has 2 N–H and O–H groups in total. The first-order valence-electron chi connectivity index (χ1n) is 7.75. The summed E-state index contributed by atoms with van der Waals surface area (Å²) in [5.74, 6) is 1.63. The highest BCUT2D eigenvalue weighted by Crippen LogP contribution is 2.19.